The molecule has 0 saturated carbocycles. The first kappa shape index (κ1) is 14.4. The molecule has 0 bridgehead atoms. The number of nitrogens with one attached hydrogen (secondary N) is 1. The molecule has 106 valence electrons. The van der Waals surface area contributed by atoms with Crippen molar-refractivity contribution in [1.29, 1.82) is 0 Å². The zero-order valence-electron chi connectivity index (χ0n) is 10.9. The zero-order chi connectivity index (χ0) is 13.7. The Morgan fingerprint density at radius 1 is 1.26 bits per heavy atom. The Labute approximate surface area is 112 Å². The molecule has 1 aromatic rings. The van der Waals surface area contributed by atoms with Gasteiger partial charge in [0, 0.05) is 44.4 Å². The van der Waals surface area contributed by atoms with Crippen LogP contribution in [0.1, 0.15) is 24.4 Å². The highest BCUT2D eigenvalue weighted by Crippen LogP contribution is 2.28. The number of aliphatic hydroxyl groups is 1. The lowest BCUT2D eigenvalue weighted by Gasteiger charge is -2.35. The third-order valence-electron chi connectivity index (χ3n) is 3.55. The fraction of sp³-hybridized carbons (Fsp3) is 0.571. The van der Waals surface area contributed by atoms with E-state index in [-0.39, 0.29) is 18.5 Å². The molecular weight excluding hydrogens is 250 g/mol. The molecule has 1 heterocycles. The van der Waals surface area contributed by atoms with Gasteiger partial charge in [-0.05, 0) is 31.0 Å². The molecule has 1 fully saturated rings. The largest absolute Gasteiger partial charge is 0.396 e. The Morgan fingerprint density at radius 3 is 2.68 bits per heavy atom. The normalized spacial score (nSPS) is 18.5. The maximum atomic E-state index is 13.9. The molecule has 1 aliphatic rings. The summed E-state index contributed by atoms with van der Waals surface area (Å²) in [7, 11) is 0. The molecule has 0 spiro atoms. The van der Waals surface area contributed by atoms with Crippen molar-refractivity contribution in [2.45, 2.75) is 18.9 Å². The number of benzene rings is 1. The second kappa shape index (κ2) is 6.93. The van der Waals surface area contributed by atoms with E-state index >= 15 is 0 Å². The van der Waals surface area contributed by atoms with Gasteiger partial charge in [-0.25, -0.2) is 8.78 Å². The molecule has 0 radical (unpaired) electrons. The van der Waals surface area contributed by atoms with Gasteiger partial charge >= 0.3 is 0 Å². The van der Waals surface area contributed by atoms with Crippen LogP contribution in [-0.2, 0) is 0 Å². The van der Waals surface area contributed by atoms with E-state index in [1.54, 1.807) is 0 Å². The molecule has 1 atom stereocenters. The summed E-state index contributed by atoms with van der Waals surface area (Å²) in [5.41, 5.74) is 0.398. The van der Waals surface area contributed by atoms with Gasteiger partial charge in [0.15, 0.2) is 0 Å². The molecular formula is C14H20F2N2O. The summed E-state index contributed by atoms with van der Waals surface area (Å²) >= 11 is 0. The molecule has 19 heavy (non-hydrogen) atoms. The summed E-state index contributed by atoms with van der Waals surface area (Å²) in [6.07, 6.45) is 1.22. The standard InChI is InChI=1S/C14H20F2N2O/c15-11-3-4-13(16)12(10-11)14(2-1-9-19)18-7-5-17-6-8-18/h3-4,10,14,17,19H,1-2,5-9H2/t14-/m1/s1. The van der Waals surface area contributed by atoms with Crippen LogP contribution in [0.4, 0.5) is 8.78 Å². The molecule has 1 aromatic carbocycles. The third kappa shape index (κ3) is 3.72. The van der Waals surface area contributed by atoms with Gasteiger partial charge < -0.3 is 10.4 Å². The highest BCUT2D eigenvalue weighted by Gasteiger charge is 2.24. The van der Waals surface area contributed by atoms with Crippen LogP contribution in [0.2, 0.25) is 0 Å². The summed E-state index contributed by atoms with van der Waals surface area (Å²) in [6.45, 7) is 3.40. The smallest absolute Gasteiger partial charge is 0.128 e. The van der Waals surface area contributed by atoms with Crippen molar-refractivity contribution in [3.8, 4) is 0 Å². The Bertz CT molecular complexity index is 408. The van der Waals surface area contributed by atoms with Gasteiger partial charge in [-0.2, -0.15) is 0 Å². The predicted octanol–water partition coefficient (Wildman–Crippen LogP) is 1.68. The van der Waals surface area contributed by atoms with E-state index < -0.39 is 5.82 Å². The Morgan fingerprint density at radius 2 is 2.00 bits per heavy atom. The minimum Gasteiger partial charge on any atom is -0.396 e. The number of piperazine rings is 1. The lowest BCUT2D eigenvalue weighted by molar-refractivity contribution is 0.151. The van der Waals surface area contributed by atoms with Crippen molar-refractivity contribution in [2.24, 2.45) is 0 Å². The molecule has 2 rings (SSSR count). The highest BCUT2D eigenvalue weighted by molar-refractivity contribution is 5.22. The second-order valence-electron chi connectivity index (χ2n) is 4.83. The van der Waals surface area contributed by atoms with Crippen LogP contribution in [0.5, 0.6) is 0 Å². The number of hydrogen-bond acceptors (Lipinski definition) is 3. The lowest BCUT2D eigenvalue weighted by atomic mass is 9.99. The van der Waals surface area contributed by atoms with Crippen molar-refractivity contribution in [3.05, 3.63) is 35.4 Å². The number of aliphatic hydroxyl groups excluding tert-OH is 1. The van der Waals surface area contributed by atoms with Crippen LogP contribution in [0, 0.1) is 11.6 Å². The molecule has 3 nitrogen and oxygen atoms in total. The van der Waals surface area contributed by atoms with Gasteiger partial charge in [0.05, 0.1) is 0 Å². The average Bonchev–Trinajstić information content (AvgIpc) is 2.44. The van der Waals surface area contributed by atoms with E-state index in [2.05, 4.69) is 10.2 Å². The van der Waals surface area contributed by atoms with E-state index in [4.69, 9.17) is 5.11 Å². The molecule has 2 N–H and O–H groups in total. The van der Waals surface area contributed by atoms with Crippen LogP contribution in [0.3, 0.4) is 0 Å². The van der Waals surface area contributed by atoms with Crippen molar-refractivity contribution >= 4 is 0 Å². The lowest BCUT2D eigenvalue weighted by Crippen LogP contribution is -2.45. The number of halogens is 2. The van der Waals surface area contributed by atoms with Gasteiger partial charge in [-0.1, -0.05) is 0 Å². The van der Waals surface area contributed by atoms with Gasteiger partial charge in [-0.3, -0.25) is 4.90 Å². The molecule has 0 unspecified atom stereocenters. The van der Waals surface area contributed by atoms with Crippen molar-refractivity contribution in [3.63, 3.8) is 0 Å². The summed E-state index contributed by atoms with van der Waals surface area (Å²) < 4.78 is 27.3. The average molecular weight is 270 g/mol. The number of rotatable bonds is 5. The van der Waals surface area contributed by atoms with Crippen molar-refractivity contribution in [1.82, 2.24) is 10.2 Å². The molecule has 1 saturated heterocycles. The van der Waals surface area contributed by atoms with Crippen LogP contribution >= 0.6 is 0 Å². The topological polar surface area (TPSA) is 35.5 Å². The van der Waals surface area contributed by atoms with Crippen LogP contribution in [0.15, 0.2) is 18.2 Å². The fourth-order valence-electron chi connectivity index (χ4n) is 2.58. The minimum absolute atomic E-state index is 0.0690. The van der Waals surface area contributed by atoms with Gasteiger partial charge in [0.2, 0.25) is 0 Å². The van der Waals surface area contributed by atoms with E-state index in [1.807, 2.05) is 0 Å². The van der Waals surface area contributed by atoms with E-state index in [1.165, 1.54) is 12.1 Å². The fourth-order valence-corrected chi connectivity index (χ4v) is 2.58. The van der Waals surface area contributed by atoms with Crippen LogP contribution < -0.4 is 5.32 Å². The maximum absolute atomic E-state index is 13.9. The monoisotopic (exact) mass is 270 g/mol. The summed E-state index contributed by atoms with van der Waals surface area (Å²) in [5, 5.41) is 12.2. The highest BCUT2D eigenvalue weighted by atomic mass is 19.1. The van der Waals surface area contributed by atoms with E-state index in [0.717, 1.165) is 32.2 Å². The number of hydrogen-bond donors (Lipinski definition) is 2. The van der Waals surface area contributed by atoms with Crippen LogP contribution in [-0.4, -0.2) is 42.8 Å². The van der Waals surface area contributed by atoms with E-state index in [0.29, 0.717) is 18.4 Å². The molecule has 0 amide bonds. The van der Waals surface area contributed by atoms with Crippen molar-refractivity contribution < 1.29 is 13.9 Å². The van der Waals surface area contributed by atoms with Crippen LogP contribution in [0.25, 0.3) is 0 Å². The van der Waals surface area contributed by atoms with Gasteiger partial charge in [0.25, 0.3) is 0 Å². The Balaban J connectivity index is 2.22. The third-order valence-corrected chi connectivity index (χ3v) is 3.55. The Hall–Kier alpha value is -1.04. The first-order valence-corrected chi connectivity index (χ1v) is 6.73. The second-order valence-corrected chi connectivity index (χ2v) is 4.83. The summed E-state index contributed by atoms with van der Waals surface area (Å²) in [6, 6.07) is 3.43. The summed E-state index contributed by atoms with van der Waals surface area (Å²) in [5.74, 6) is -0.789. The van der Waals surface area contributed by atoms with Gasteiger partial charge in [-0.15, -0.1) is 0 Å². The van der Waals surface area contributed by atoms with E-state index in [9.17, 15) is 8.78 Å². The molecule has 1 aliphatic heterocycles. The van der Waals surface area contributed by atoms with Crippen molar-refractivity contribution in [2.75, 3.05) is 32.8 Å². The SMILES string of the molecule is OCCC[C@H](c1cc(F)ccc1F)N1CCNCC1. The quantitative estimate of drug-likeness (QED) is 0.854. The molecule has 0 aliphatic carbocycles. The zero-order valence-corrected chi connectivity index (χ0v) is 10.9. The first-order valence-electron chi connectivity index (χ1n) is 6.73. The predicted molar refractivity (Wildman–Crippen MR) is 69.9 cm³/mol. The minimum atomic E-state index is -0.416. The maximum Gasteiger partial charge on any atom is 0.128 e. The van der Waals surface area contributed by atoms with Gasteiger partial charge in [0.1, 0.15) is 11.6 Å². The Kier molecular flexibility index (Phi) is 5.24. The first-order chi connectivity index (χ1) is 9.22. The number of nitrogens with zero attached hydrogens (tertiary/aromatic N) is 1. The summed E-state index contributed by atoms with van der Waals surface area (Å²) in [4.78, 5) is 2.16. The molecule has 0 aromatic heterocycles. The molecule has 5 heteroatoms.